The molecular formula is C15H11BrClNO2S. The predicted molar refractivity (Wildman–Crippen MR) is 89.2 cm³/mol. The summed E-state index contributed by atoms with van der Waals surface area (Å²) in [6.45, 7) is 2.33. The molecule has 0 aliphatic carbocycles. The number of hydrogen-bond acceptors (Lipinski definition) is 3. The Bertz CT molecular complexity index is 824. The minimum atomic E-state index is -0.232. The molecule has 0 saturated heterocycles. The fourth-order valence-electron chi connectivity index (χ4n) is 2.12. The second kappa shape index (κ2) is 5.83. The monoisotopic (exact) mass is 383 g/mol. The van der Waals surface area contributed by atoms with E-state index in [2.05, 4.69) is 21.2 Å². The molecule has 0 unspecified atom stereocenters. The molecule has 1 N–H and O–H groups in total. The van der Waals surface area contributed by atoms with Gasteiger partial charge >= 0.3 is 0 Å². The molecule has 3 rings (SSSR count). The summed E-state index contributed by atoms with van der Waals surface area (Å²) in [5.74, 6) is 0.0815. The summed E-state index contributed by atoms with van der Waals surface area (Å²) in [6.07, 6.45) is 0. The van der Waals surface area contributed by atoms with Crippen LogP contribution in [-0.2, 0) is 6.54 Å². The summed E-state index contributed by atoms with van der Waals surface area (Å²) in [7, 11) is 0. The molecular weight excluding hydrogens is 374 g/mol. The number of benzene rings is 1. The van der Waals surface area contributed by atoms with E-state index >= 15 is 0 Å². The number of fused-ring (bicyclic) bond motifs is 1. The summed E-state index contributed by atoms with van der Waals surface area (Å²) < 4.78 is 6.68. The van der Waals surface area contributed by atoms with Gasteiger partial charge in [0.2, 0.25) is 0 Å². The highest BCUT2D eigenvalue weighted by Crippen LogP contribution is 2.30. The Hall–Kier alpha value is -1.30. The van der Waals surface area contributed by atoms with Crippen LogP contribution in [0, 0.1) is 6.92 Å². The molecule has 6 heteroatoms. The number of halogens is 2. The summed E-state index contributed by atoms with van der Waals surface area (Å²) in [4.78, 5) is 13.3. The van der Waals surface area contributed by atoms with Gasteiger partial charge in [0.1, 0.15) is 0 Å². The first-order valence-electron chi connectivity index (χ1n) is 6.26. The first-order chi connectivity index (χ1) is 10.1. The lowest BCUT2D eigenvalue weighted by Crippen LogP contribution is -2.22. The number of aryl methyl sites for hydroxylation is 1. The molecule has 2 aromatic heterocycles. The first-order valence-corrected chi connectivity index (χ1v) is 8.25. The van der Waals surface area contributed by atoms with Crippen LogP contribution in [0.1, 0.15) is 21.0 Å². The van der Waals surface area contributed by atoms with E-state index in [4.69, 9.17) is 16.0 Å². The SMILES string of the molecule is Cc1c(C(=O)NCc2ccc(Br)s2)oc2c(Cl)cccc12. The van der Waals surface area contributed by atoms with Crippen molar-refractivity contribution in [3.63, 3.8) is 0 Å². The van der Waals surface area contributed by atoms with E-state index in [1.165, 1.54) is 0 Å². The van der Waals surface area contributed by atoms with Crippen LogP contribution < -0.4 is 5.32 Å². The van der Waals surface area contributed by atoms with E-state index in [1.807, 2.05) is 31.2 Å². The number of hydrogen-bond donors (Lipinski definition) is 1. The van der Waals surface area contributed by atoms with E-state index in [9.17, 15) is 4.79 Å². The first kappa shape index (κ1) is 14.6. The van der Waals surface area contributed by atoms with Gasteiger partial charge in [-0.3, -0.25) is 4.79 Å². The van der Waals surface area contributed by atoms with E-state index in [-0.39, 0.29) is 5.91 Å². The molecule has 0 atom stereocenters. The van der Waals surface area contributed by atoms with Gasteiger partial charge in [0, 0.05) is 15.8 Å². The second-order valence-electron chi connectivity index (χ2n) is 4.56. The molecule has 21 heavy (non-hydrogen) atoms. The van der Waals surface area contributed by atoms with Crippen LogP contribution in [0.25, 0.3) is 11.0 Å². The Morgan fingerprint density at radius 1 is 1.38 bits per heavy atom. The van der Waals surface area contributed by atoms with Gasteiger partial charge in [-0.2, -0.15) is 0 Å². The smallest absolute Gasteiger partial charge is 0.287 e. The Labute approximate surface area is 139 Å². The topological polar surface area (TPSA) is 42.2 Å². The number of amides is 1. The highest BCUT2D eigenvalue weighted by Gasteiger charge is 2.18. The van der Waals surface area contributed by atoms with Crippen molar-refractivity contribution in [3.8, 4) is 0 Å². The van der Waals surface area contributed by atoms with Gasteiger partial charge in [0.15, 0.2) is 11.3 Å². The third-order valence-electron chi connectivity index (χ3n) is 3.17. The molecule has 0 spiro atoms. The van der Waals surface area contributed by atoms with Crippen LogP contribution in [0.15, 0.2) is 38.5 Å². The number of rotatable bonds is 3. The Morgan fingerprint density at radius 2 is 2.19 bits per heavy atom. The molecule has 0 aliphatic rings. The minimum absolute atomic E-state index is 0.232. The van der Waals surface area contributed by atoms with Crippen LogP contribution in [0.2, 0.25) is 5.02 Å². The zero-order valence-corrected chi connectivity index (χ0v) is 14.2. The molecule has 0 saturated carbocycles. The lowest BCUT2D eigenvalue weighted by molar-refractivity contribution is 0.0925. The molecule has 2 heterocycles. The van der Waals surface area contributed by atoms with Crippen LogP contribution in [0.3, 0.4) is 0 Å². The fraction of sp³-hybridized carbons (Fsp3) is 0.133. The maximum Gasteiger partial charge on any atom is 0.287 e. The van der Waals surface area contributed by atoms with Crippen molar-refractivity contribution in [3.05, 3.63) is 55.3 Å². The third-order valence-corrected chi connectivity index (χ3v) is 5.10. The maximum atomic E-state index is 12.3. The van der Waals surface area contributed by atoms with Crippen molar-refractivity contribution in [1.82, 2.24) is 5.32 Å². The number of carbonyl (C=O) groups is 1. The molecule has 1 aromatic carbocycles. The molecule has 1 amide bonds. The normalized spacial score (nSPS) is 11.0. The van der Waals surface area contributed by atoms with Crippen molar-refractivity contribution in [1.29, 1.82) is 0 Å². The lowest BCUT2D eigenvalue weighted by atomic mass is 10.1. The minimum Gasteiger partial charge on any atom is -0.449 e. The van der Waals surface area contributed by atoms with Gasteiger partial charge in [0.25, 0.3) is 5.91 Å². The van der Waals surface area contributed by atoms with E-state index < -0.39 is 0 Å². The van der Waals surface area contributed by atoms with Gasteiger partial charge in [-0.15, -0.1) is 11.3 Å². The molecule has 0 radical (unpaired) electrons. The molecule has 108 valence electrons. The zero-order valence-electron chi connectivity index (χ0n) is 11.1. The van der Waals surface area contributed by atoms with Gasteiger partial charge in [-0.05, 0) is 41.1 Å². The van der Waals surface area contributed by atoms with Crippen molar-refractivity contribution in [2.75, 3.05) is 0 Å². The third kappa shape index (κ3) is 2.86. The van der Waals surface area contributed by atoms with Crippen LogP contribution in [-0.4, -0.2) is 5.91 Å². The summed E-state index contributed by atoms with van der Waals surface area (Å²) in [5, 5.41) is 4.24. The summed E-state index contributed by atoms with van der Waals surface area (Å²) in [5.41, 5.74) is 1.36. The molecule has 3 aromatic rings. The Morgan fingerprint density at radius 3 is 2.86 bits per heavy atom. The number of thiophene rings is 1. The van der Waals surface area contributed by atoms with Crippen LogP contribution >= 0.6 is 38.9 Å². The highest BCUT2D eigenvalue weighted by atomic mass is 79.9. The molecule has 0 aliphatic heterocycles. The van der Waals surface area contributed by atoms with Gasteiger partial charge in [0.05, 0.1) is 15.4 Å². The summed E-state index contributed by atoms with van der Waals surface area (Å²) in [6, 6.07) is 9.42. The molecule has 0 fully saturated rings. The van der Waals surface area contributed by atoms with Crippen LogP contribution in [0.5, 0.6) is 0 Å². The van der Waals surface area contributed by atoms with Crippen molar-refractivity contribution < 1.29 is 9.21 Å². The van der Waals surface area contributed by atoms with Gasteiger partial charge < -0.3 is 9.73 Å². The molecule has 0 bridgehead atoms. The quantitative estimate of drug-likeness (QED) is 0.678. The largest absolute Gasteiger partial charge is 0.449 e. The Balaban J connectivity index is 1.84. The average molecular weight is 385 g/mol. The van der Waals surface area contributed by atoms with Crippen molar-refractivity contribution in [2.24, 2.45) is 0 Å². The number of para-hydroxylation sites is 1. The van der Waals surface area contributed by atoms with E-state index in [0.717, 1.165) is 19.6 Å². The average Bonchev–Trinajstić information content (AvgIpc) is 3.02. The standard InChI is InChI=1S/C15H11BrClNO2S/c1-8-10-3-2-4-11(17)14(10)20-13(8)15(19)18-7-9-5-6-12(16)21-9/h2-6H,7H2,1H3,(H,18,19). The summed E-state index contributed by atoms with van der Waals surface area (Å²) >= 11 is 11.1. The van der Waals surface area contributed by atoms with Crippen molar-refractivity contribution in [2.45, 2.75) is 13.5 Å². The van der Waals surface area contributed by atoms with E-state index in [0.29, 0.717) is 22.9 Å². The van der Waals surface area contributed by atoms with Gasteiger partial charge in [-0.25, -0.2) is 0 Å². The maximum absolute atomic E-state index is 12.3. The Kier molecular flexibility index (Phi) is 4.06. The zero-order chi connectivity index (χ0) is 15.0. The van der Waals surface area contributed by atoms with Gasteiger partial charge in [-0.1, -0.05) is 23.7 Å². The second-order valence-corrected chi connectivity index (χ2v) is 7.52. The number of carbonyl (C=O) groups excluding carboxylic acids is 1. The van der Waals surface area contributed by atoms with E-state index in [1.54, 1.807) is 17.4 Å². The predicted octanol–water partition coefficient (Wildman–Crippen LogP) is 5.15. The van der Waals surface area contributed by atoms with Crippen LogP contribution in [0.4, 0.5) is 0 Å². The number of furan rings is 1. The lowest BCUT2D eigenvalue weighted by Gasteiger charge is -2.01. The van der Waals surface area contributed by atoms with Crippen molar-refractivity contribution >= 4 is 55.7 Å². The highest BCUT2D eigenvalue weighted by molar-refractivity contribution is 9.11. The number of nitrogens with one attached hydrogen (secondary N) is 1. The molecule has 3 nitrogen and oxygen atoms in total. The fourth-order valence-corrected chi connectivity index (χ4v) is 3.76.